The molecule has 0 saturated carbocycles. The number of hydrogen-bond donors (Lipinski definition) is 0. The average molecular weight is 559 g/mol. The highest BCUT2D eigenvalue weighted by molar-refractivity contribution is 14.1. The quantitative estimate of drug-likeness (QED) is 0.158. The van der Waals surface area contributed by atoms with Gasteiger partial charge in [-0.3, -0.25) is 4.72 Å². The van der Waals surface area contributed by atoms with E-state index in [1.54, 1.807) is 0 Å². The molecule has 0 amide bonds. The molecule has 0 aliphatic carbocycles. The molecule has 0 saturated heterocycles. The van der Waals surface area contributed by atoms with E-state index in [9.17, 15) is 0 Å². The van der Waals surface area contributed by atoms with E-state index in [4.69, 9.17) is 6.09 Å². The van der Waals surface area contributed by atoms with Gasteiger partial charge in [-0.15, -0.1) is 0 Å². The zero-order valence-electron chi connectivity index (χ0n) is 4.62. The zero-order chi connectivity index (χ0) is 4.71. The fraction of sp³-hybridized carbons (Fsp3) is 1.00. The van der Waals surface area contributed by atoms with Crippen molar-refractivity contribution in [1.29, 1.82) is 1.45 Å². The zero-order valence-corrected chi connectivity index (χ0v) is 4.78. The Morgan fingerprint density at radius 3 is 0.429 bits per heavy atom. The predicted molar refractivity (Wildman–Crippen MR) is 191 cm³/mol. The molecule has 0 unspecified atom stereocenters. The topological polar surface area (TPSA) is 0 Å². The van der Waals surface area contributed by atoms with Crippen LogP contribution in [0.4, 0.5) is 4.72 Å². The van der Waals surface area contributed by atoms with Gasteiger partial charge in [0.1, 0.15) is 0 Å². The molecule has 4 heteroatoms. The summed E-state index contributed by atoms with van der Waals surface area (Å²) in [5.41, 5.74) is 0. The maximum atomic E-state index is 8.75. The van der Waals surface area contributed by atoms with Crippen molar-refractivity contribution >= 4 is 39.4 Å². The minimum Gasteiger partial charge on any atom is -0.269 e. The van der Waals surface area contributed by atoms with Crippen LogP contribution >= 0.6 is 22.6 Å². The highest BCUT2D eigenvalue weighted by atomic mass is 127. The Labute approximate surface area is 223 Å². The van der Waals surface area contributed by atoms with E-state index < -0.39 is 0 Å². The van der Waals surface area contributed by atoms with Gasteiger partial charge < -0.3 is 0 Å². The maximum Gasteiger partial charge on any atom is 0.269 e. The lowest BCUT2D eigenvalue weighted by atomic mass is 10.8. The van der Waals surface area contributed by atoms with Gasteiger partial charge in [0, 0.05) is 19.6 Å². The van der Waals surface area contributed by atoms with E-state index in [0.29, 0.717) is 4.91 Å². The molecule has 214 valence electrons. The molecule has 0 fully saturated rings. The highest BCUT2D eigenvalue weighted by Crippen LogP contribution is 1.48. The first-order chi connectivity index (χ1) is 2.41. The molecule has 0 aliphatic heterocycles. The van der Waals surface area contributed by atoms with E-state index in [1.165, 1.54) is 0 Å². The first-order valence-electron chi connectivity index (χ1n) is 1.35. The van der Waals surface area contributed by atoms with Crippen LogP contribution in [0.2, 0.25) is 0 Å². The second-order valence-electron chi connectivity index (χ2n) is 0. The second-order valence-corrected chi connectivity index (χ2v) is 0. The molecule has 0 atom stereocenters. The normalized spacial score (nSPS) is 0.929. The van der Waals surface area contributed by atoms with Gasteiger partial charge in [0.15, 0.2) is 0 Å². The summed E-state index contributed by atoms with van der Waals surface area (Å²) in [6.45, 7) is 0. The third kappa shape index (κ3) is 28600. The minimum absolute atomic E-state index is 0. The van der Waals surface area contributed by atoms with Crippen molar-refractivity contribution in [3.05, 3.63) is 0 Å². The SMILES string of the molecule is C.C.C.C.C.C.C.C.C.C.C.C.C.C.C.C.C.C.C.C.C.C.C.[2HH].[2H]CI.[3H]F.[B].[B]. The molecule has 0 rings (SSSR count). The first-order valence-corrected chi connectivity index (χ1v) is 1.79. The van der Waals surface area contributed by atoms with E-state index in [1.807, 2.05) is 22.6 Å². The number of hydrogen-bond acceptors (Lipinski definition) is 0. The van der Waals surface area contributed by atoms with Crippen molar-refractivity contribution in [2.75, 3.05) is 4.91 Å². The van der Waals surface area contributed by atoms with E-state index in [2.05, 4.69) is 1.45 Å². The second kappa shape index (κ2) is 32000. The van der Waals surface area contributed by atoms with Gasteiger partial charge in [0.05, 0.1) is 0 Å². The number of halogens is 2. The predicted octanol–water partition coefficient (Wildman–Crippen LogP) is 15.3. The fourth-order valence-electron chi connectivity index (χ4n) is 0. The summed E-state index contributed by atoms with van der Waals surface area (Å²) in [7, 11) is 0. The Morgan fingerprint density at radius 1 is 0.429 bits per heavy atom. The lowest BCUT2D eigenvalue weighted by Gasteiger charge is -1.05. The van der Waals surface area contributed by atoms with Crippen molar-refractivity contribution in [2.24, 2.45) is 0 Å². The summed E-state index contributed by atoms with van der Waals surface area (Å²) >= 11 is 1.96. The van der Waals surface area contributed by atoms with Gasteiger partial charge >= 0.3 is 0 Å². The van der Waals surface area contributed by atoms with Crippen LogP contribution in [-0.2, 0) is 0 Å². The Bertz CT molecular complexity index is 36.8. The Kier molecular flexibility index (Phi) is 1770000. The Morgan fingerprint density at radius 2 is 0.429 bits per heavy atom. The van der Waals surface area contributed by atoms with Crippen LogP contribution in [0.15, 0.2) is 0 Å². The molecule has 0 nitrogen and oxygen atoms in total. The maximum absolute atomic E-state index is 8.75. The van der Waals surface area contributed by atoms with Crippen LogP contribution in [0.25, 0.3) is 0 Å². The van der Waals surface area contributed by atoms with Gasteiger partial charge in [-0.2, -0.15) is 0 Å². The smallest absolute Gasteiger partial charge is 0.269 e. The molecular weight excluding hydrogens is 456 g/mol. The molecule has 28 heavy (non-hydrogen) atoms. The van der Waals surface area contributed by atoms with Crippen molar-refractivity contribution < 1.29 is 7.51 Å². The number of rotatable bonds is 0. The molecule has 0 spiro atoms. The highest BCUT2D eigenvalue weighted by Gasteiger charge is 0.950. The lowest BCUT2D eigenvalue weighted by Crippen LogP contribution is -0.798. The average Bonchev–Trinajstić information content (AvgIpc) is 1.46. The summed E-state index contributed by atoms with van der Waals surface area (Å²) in [4.78, 5) is 0.470. The summed E-state index contributed by atoms with van der Waals surface area (Å²) < 4.78 is 19.2. The van der Waals surface area contributed by atoms with Gasteiger partial charge in [0.25, 0.3) is 1.45 Å². The fourth-order valence-corrected chi connectivity index (χ4v) is 0. The molecule has 0 heterocycles. The van der Waals surface area contributed by atoms with Crippen LogP contribution < -0.4 is 0 Å². The van der Waals surface area contributed by atoms with Crippen LogP contribution in [-0.4, -0.2) is 23.2 Å². The molecule has 0 aromatic carbocycles. The van der Waals surface area contributed by atoms with Crippen molar-refractivity contribution in [1.82, 2.24) is 0 Å². The van der Waals surface area contributed by atoms with E-state index in [0.717, 1.165) is 0 Å². The summed E-state index contributed by atoms with van der Waals surface area (Å²) in [5.74, 6) is 0. The molecule has 6 radical (unpaired) electrons. The van der Waals surface area contributed by atoms with E-state index in [-0.39, 0.29) is 189 Å². The molecule has 0 aromatic heterocycles. The molecule has 0 aromatic rings. The van der Waals surface area contributed by atoms with Gasteiger partial charge in [0.2, 0.25) is 0 Å². The van der Waals surface area contributed by atoms with Crippen LogP contribution in [0.5, 0.6) is 0 Å². The van der Waals surface area contributed by atoms with Crippen molar-refractivity contribution in [3.8, 4) is 0 Å². The van der Waals surface area contributed by atoms with Crippen LogP contribution in [0, 0.1) is 0 Å². The molecular formula is C24H98B2FI. The monoisotopic (exact) mass is 559 g/mol. The van der Waals surface area contributed by atoms with Crippen LogP contribution in [0.1, 0.15) is 174 Å². The van der Waals surface area contributed by atoms with E-state index >= 15 is 0 Å². The Hall–Kier alpha value is 0.790. The molecule has 0 aliphatic rings. The van der Waals surface area contributed by atoms with Gasteiger partial charge in [-0.25, -0.2) is 0 Å². The summed E-state index contributed by atoms with van der Waals surface area (Å²) in [5, 5.41) is 0. The lowest BCUT2D eigenvalue weighted by molar-refractivity contribution is 1.11. The summed E-state index contributed by atoms with van der Waals surface area (Å²) in [6.07, 6.45) is 0. The minimum atomic E-state index is 0. The van der Waals surface area contributed by atoms with Crippen LogP contribution in [0.3, 0.4) is 0 Å². The van der Waals surface area contributed by atoms with Gasteiger partial charge in [-0.05, 0) is 4.91 Å². The standard InChI is InChI=1S/CH3I.23CH4.2B.FH.H2/c1-2;;;;;;;;;;;;;;;;;;;;;;;;;;;/h1H3;23*1H4;;;2*1H/i1D;;;;;;;;;;;;;;;;;;;;;;;;;;;1+1/hT. The van der Waals surface area contributed by atoms with Crippen molar-refractivity contribution in [3.63, 3.8) is 0 Å². The molecule has 0 N–H and O–H groups in total. The van der Waals surface area contributed by atoms with Gasteiger partial charge in [-0.1, -0.05) is 193 Å². The first kappa shape index (κ1) is 1550. The third-order valence-corrected chi connectivity index (χ3v) is 0. The third-order valence-electron chi connectivity index (χ3n) is 0. The Balaban J connectivity index is -0.000000000122. The number of alkyl halides is 1. The largest absolute Gasteiger partial charge is 0.269 e. The van der Waals surface area contributed by atoms with Crippen molar-refractivity contribution in [2.45, 2.75) is 171 Å². The molecule has 0 bridgehead atoms. The summed E-state index contributed by atoms with van der Waals surface area (Å²) in [6, 6.07) is 0.